The van der Waals surface area contributed by atoms with Crippen LogP contribution in [-0.2, 0) is 17.4 Å². The van der Waals surface area contributed by atoms with Gasteiger partial charge in [-0.05, 0) is 61.4 Å². The third-order valence-electron chi connectivity index (χ3n) is 7.24. The lowest BCUT2D eigenvalue weighted by molar-refractivity contribution is -0.141. The average Bonchev–Trinajstić information content (AvgIpc) is 3.58. The molecule has 2 aromatic heterocycles. The molecule has 0 atom stereocenters. The number of piperidine rings is 1. The Hall–Kier alpha value is -4.34. The molecule has 4 aromatic rings. The van der Waals surface area contributed by atoms with Gasteiger partial charge in [-0.1, -0.05) is 48.5 Å². The number of pyridine rings is 1. The monoisotopic (exact) mass is 549 g/mol. The minimum absolute atomic E-state index is 0.00905. The first-order chi connectivity index (χ1) is 19.3. The molecule has 1 saturated heterocycles. The number of alkyl halides is 3. The van der Waals surface area contributed by atoms with E-state index in [2.05, 4.69) is 50.5 Å². The van der Waals surface area contributed by atoms with Gasteiger partial charge in [-0.3, -0.25) is 9.69 Å². The van der Waals surface area contributed by atoms with Crippen molar-refractivity contribution in [3.63, 3.8) is 0 Å². The summed E-state index contributed by atoms with van der Waals surface area (Å²) in [7, 11) is 0. The van der Waals surface area contributed by atoms with Gasteiger partial charge in [0.25, 0.3) is 0 Å². The van der Waals surface area contributed by atoms with Crippen LogP contribution >= 0.6 is 0 Å². The Morgan fingerprint density at radius 2 is 1.70 bits per heavy atom. The highest BCUT2D eigenvalue weighted by atomic mass is 19.4. The first kappa shape index (κ1) is 27.2. The van der Waals surface area contributed by atoms with Crippen LogP contribution in [0.2, 0.25) is 0 Å². The quantitative estimate of drug-likeness (QED) is 0.278. The van der Waals surface area contributed by atoms with Crippen molar-refractivity contribution < 1.29 is 22.4 Å². The van der Waals surface area contributed by atoms with Gasteiger partial charge in [-0.15, -0.1) is 0 Å². The second-order valence-electron chi connectivity index (χ2n) is 9.77. The summed E-state index contributed by atoms with van der Waals surface area (Å²) < 4.78 is 43.3. The van der Waals surface area contributed by atoms with Gasteiger partial charge in [0.15, 0.2) is 5.69 Å². The number of hydrogen-bond acceptors (Lipinski definition) is 6. The maximum absolute atomic E-state index is 12.7. The normalized spacial score (nSPS) is 15.3. The van der Waals surface area contributed by atoms with E-state index in [0.717, 1.165) is 55.1 Å². The van der Waals surface area contributed by atoms with Crippen LogP contribution in [0.15, 0.2) is 77.3 Å². The summed E-state index contributed by atoms with van der Waals surface area (Å²) in [6, 6.07) is 22.2. The van der Waals surface area contributed by atoms with E-state index >= 15 is 0 Å². The first-order valence-electron chi connectivity index (χ1n) is 13.2. The number of anilines is 4. The molecule has 4 heterocycles. The van der Waals surface area contributed by atoms with Crippen LogP contribution < -0.4 is 15.1 Å². The van der Waals surface area contributed by atoms with Crippen LogP contribution in [0.5, 0.6) is 0 Å². The molecule has 1 fully saturated rings. The number of aromatic nitrogens is 2. The number of oxazole rings is 1. The number of amides is 1. The van der Waals surface area contributed by atoms with Crippen molar-refractivity contribution in [3.05, 3.63) is 95.5 Å². The van der Waals surface area contributed by atoms with Gasteiger partial charge >= 0.3 is 12.2 Å². The second-order valence-corrected chi connectivity index (χ2v) is 9.77. The van der Waals surface area contributed by atoms with Crippen molar-refractivity contribution in [2.24, 2.45) is 0 Å². The Kier molecular flexibility index (Phi) is 8.04. The Bertz CT molecular complexity index is 1420. The molecule has 2 aromatic carbocycles. The largest absolute Gasteiger partial charge is 0.436 e. The third kappa shape index (κ3) is 6.11. The Morgan fingerprint density at radius 1 is 0.975 bits per heavy atom. The standard InChI is InChI=1S/C17H19N3O.C13H11F3N2O/c21-13-19-16-6-7-17(18-12-16)20-10-8-15(9-11-20)14-4-2-1-3-5-14;1-8-11(13(14,15)16)17-12(19-8)18-7-6-9-4-2-3-5-10(9)18/h1-7,12-13,15H,8-11H2,(H,19,21);2-5H,6-7H2,1H3. The molecule has 2 aliphatic heterocycles. The molecule has 10 heteroatoms. The van der Waals surface area contributed by atoms with Crippen molar-refractivity contribution in [2.45, 2.75) is 38.3 Å². The van der Waals surface area contributed by atoms with E-state index in [4.69, 9.17) is 4.42 Å². The van der Waals surface area contributed by atoms with Crippen LogP contribution in [0.4, 0.5) is 36.4 Å². The molecule has 0 aliphatic carbocycles. The van der Waals surface area contributed by atoms with Gasteiger partial charge in [-0.2, -0.15) is 18.2 Å². The van der Waals surface area contributed by atoms with E-state index in [9.17, 15) is 18.0 Å². The molecule has 1 N–H and O–H groups in total. The van der Waals surface area contributed by atoms with Crippen LogP contribution in [0.25, 0.3) is 0 Å². The van der Waals surface area contributed by atoms with Gasteiger partial charge < -0.3 is 14.6 Å². The summed E-state index contributed by atoms with van der Waals surface area (Å²) in [5.41, 5.74) is 3.17. The topological polar surface area (TPSA) is 74.5 Å². The molecule has 0 bridgehead atoms. The molecular formula is C30H30F3N5O2. The molecule has 0 spiro atoms. The summed E-state index contributed by atoms with van der Waals surface area (Å²) in [6.07, 6.45) is 0.971. The van der Waals surface area contributed by atoms with E-state index in [-0.39, 0.29) is 11.8 Å². The molecule has 40 heavy (non-hydrogen) atoms. The highest BCUT2D eigenvalue weighted by Crippen LogP contribution is 2.38. The Labute approximate surface area is 230 Å². The molecule has 6 rings (SSSR count). The zero-order valence-corrected chi connectivity index (χ0v) is 22.1. The summed E-state index contributed by atoms with van der Waals surface area (Å²) >= 11 is 0. The fourth-order valence-electron chi connectivity index (χ4n) is 5.19. The number of para-hydroxylation sites is 1. The average molecular weight is 550 g/mol. The molecule has 208 valence electrons. The number of aryl methyl sites for hydroxylation is 1. The maximum Gasteiger partial charge on any atom is 0.436 e. The Balaban J connectivity index is 0.000000162. The lowest BCUT2D eigenvalue weighted by atomic mass is 9.89. The van der Waals surface area contributed by atoms with Crippen molar-refractivity contribution in [3.8, 4) is 0 Å². The maximum atomic E-state index is 12.7. The fourth-order valence-corrected chi connectivity index (χ4v) is 5.19. The predicted molar refractivity (Wildman–Crippen MR) is 148 cm³/mol. The molecule has 0 unspecified atom stereocenters. The molecule has 2 aliphatic rings. The highest BCUT2D eigenvalue weighted by Gasteiger charge is 2.38. The summed E-state index contributed by atoms with van der Waals surface area (Å²) in [6.45, 7) is 3.90. The number of nitrogens with one attached hydrogen (secondary N) is 1. The number of rotatable bonds is 5. The smallest absolute Gasteiger partial charge is 0.428 e. The summed E-state index contributed by atoms with van der Waals surface area (Å²) in [4.78, 5) is 22.4. The van der Waals surface area contributed by atoms with E-state index in [0.29, 0.717) is 18.9 Å². The van der Waals surface area contributed by atoms with Gasteiger partial charge in [0, 0.05) is 25.3 Å². The lowest BCUT2D eigenvalue weighted by Crippen LogP contribution is -2.33. The second kappa shape index (κ2) is 11.8. The number of carbonyl (C=O) groups excluding carboxylic acids is 1. The minimum Gasteiger partial charge on any atom is -0.428 e. The number of benzene rings is 2. The van der Waals surface area contributed by atoms with E-state index in [1.54, 1.807) is 11.1 Å². The minimum atomic E-state index is -4.48. The van der Waals surface area contributed by atoms with Crippen molar-refractivity contribution in [1.82, 2.24) is 9.97 Å². The lowest BCUT2D eigenvalue weighted by Gasteiger charge is -2.33. The molecule has 7 nitrogen and oxygen atoms in total. The molecule has 1 amide bonds. The number of halogens is 3. The van der Waals surface area contributed by atoms with Gasteiger partial charge in [-0.25, -0.2) is 4.98 Å². The Morgan fingerprint density at radius 3 is 2.35 bits per heavy atom. The zero-order valence-electron chi connectivity index (χ0n) is 22.1. The van der Waals surface area contributed by atoms with Crippen molar-refractivity contribution in [2.75, 3.05) is 34.8 Å². The van der Waals surface area contributed by atoms with Crippen molar-refractivity contribution >= 4 is 29.6 Å². The van der Waals surface area contributed by atoms with Gasteiger partial charge in [0.1, 0.15) is 11.6 Å². The first-order valence-corrected chi connectivity index (χ1v) is 13.2. The van der Waals surface area contributed by atoms with E-state index in [1.165, 1.54) is 12.5 Å². The SMILES string of the molecule is Cc1oc(N2CCc3ccccc32)nc1C(F)(F)F.O=CNc1ccc(N2CCC(c3ccccc3)CC2)nc1. The molecule has 0 saturated carbocycles. The fraction of sp³-hybridized carbons (Fsp3) is 0.300. The molecular weight excluding hydrogens is 519 g/mol. The van der Waals surface area contributed by atoms with E-state index < -0.39 is 11.9 Å². The highest BCUT2D eigenvalue weighted by molar-refractivity contribution is 5.71. The third-order valence-corrected chi connectivity index (χ3v) is 7.24. The molecule has 0 radical (unpaired) electrons. The predicted octanol–water partition coefficient (Wildman–Crippen LogP) is 6.73. The van der Waals surface area contributed by atoms with Crippen LogP contribution in [0.1, 0.15) is 41.3 Å². The van der Waals surface area contributed by atoms with Gasteiger partial charge in [0.2, 0.25) is 6.41 Å². The van der Waals surface area contributed by atoms with Crippen LogP contribution in [-0.4, -0.2) is 36.0 Å². The summed E-state index contributed by atoms with van der Waals surface area (Å²) in [5.74, 6) is 1.43. The van der Waals surface area contributed by atoms with Gasteiger partial charge in [0.05, 0.1) is 11.9 Å². The number of fused-ring (bicyclic) bond motifs is 1. The zero-order chi connectivity index (χ0) is 28.1. The summed E-state index contributed by atoms with van der Waals surface area (Å²) in [5, 5.41) is 2.60. The van der Waals surface area contributed by atoms with Crippen LogP contribution in [0.3, 0.4) is 0 Å². The van der Waals surface area contributed by atoms with Crippen LogP contribution in [0, 0.1) is 6.92 Å². The number of hydrogen-bond donors (Lipinski definition) is 1. The number of carbonyl (C=O) groups is 1. The van der Waals surface area contributed by atoms with Crippen molar-refractivity contribution in [1.29, 1.82) is 0 Å². The van der Waals surface area contributed by atoms with E-state index in [1.807, 2.05) is 36.4 Å². The number of nitrogens with zero attached hydrogens (tertiary/aromatic N) is 4.